The van der Waals surface area contributed by atoms with Crippen molar-refractivity contribution < 1.29 is 13.5 Å². The zero-order valence-electron chi connectivity index (χ0n) is 10.6. The summed E-state index contributed by atoms with van der Waals surface area (Å²) in [5, 5.41) is 9.79. The Labute approximate surface area is 123 Å². The second-order valence-corrected chi connectivity index (χ2v) is 6.39. The summed E-state index contributed by atoms with van der Waals surface area (Å²) in [5.74, 6) is 0. The van der Waals surface area contributed by atoms with Crippen molar-refractivity contribution in [3.8, 4) is 0 Å². The van der Waals surface area contributed by atoms with Gasteiger partial charge in [0.1, 0.15) is 0 Å². The van der Waals surface area contributed by atoms with Gasteiger partial charge in [0.15, 0.2) is 0 Å². The summed E-state index contributed by atoms with van der Waals surface area (Å²) in [5.41, 5.74) is 1.18. The Morgan fingerprint density at radius 2 is 1.70 bits per heavy atom. The number of aliphatic hydroxyl groups is 1. The highest BCUT2D eigenvalue weighted by Gasteiger charge is 2.17. The first-order chi connectivity index (χ1) is 9.53. The van der Waals surface area contributed by atoms with Crippen LogP contribution in [0.5, 0.6) is 0 Å². The average Bonchev–Trinajstić information content (AvgIpc) is 2.46. The Kier molecular flexibility index (Phi) is 4.77. The highest BCUT2D eigenvalue weighted by Crippen LogP contribution is 2.16. The summed E-state index contributed by atoms with van der Waals surface area (Å²) in [4.78, 5) is 0.0939. The number of halogens is 1. The highest BCUT2D eigenvalue weighted by atomic mass is 35.5. The van der Waals surface area contributed by atoms with Gasteiger partial charge in [-0.05, 0) is 29.3 Å². The molecule has 0 saturated heterocycles. The second-order valence-electron chi connectivity index (χ2n) is 4.22. The lowest BCUT2D eigenvalue weighted by Crippen LogP contribution is -2.24. The molecule has 2 N–H and O–H groups in total. The van der Waals surface area contributed by atoms with E-state index in [4.69, 9.17) is 11.6 Å². The van der Waals surface area contributed by atoms with E-state index < -0.39 is 10.0 Å². The third-order valence-corrected chi connectivity index (χ3v) is 4.57. The number of hydrogen-bond acceptors (Lipinski definition) is 3. The molecule has 2 aromatic carbocycles. The molecular formula is C14H14ClNO3S. The minimum atomic E-state index is -3.65. The van der Waals surface area contributed by atoms with Crippen molar-refractivity contribution >= 4 is 21.6 Å². The van der Waals surface area contributed by atoms with Gasteiger partial charge in [-0.15, -0.1) is 0 Å². The normalized spacial score (nSPS) is 11.5. The second kappa shape index (κ2) is 6.37. The third kappa shape index (κ3) is 3.58. The quantitative estimate of drug-likeness (QED) is 0.890. The van der Waals surface area contributed by atoms with E-state index in [-0.39, 0.29) is 18.0 Å². The van der Waals surface area contributed by atoms with Gasteiger partial charge in [0.2, 0.25) is 10.0 Å². The van der Waals surface area contributed by atoms with Crippen LogP contribution in [0.2, 0.25) is 5.02 Å². The molecule has 0 amide bonds. The number of aliphatic hydroxyl groups excluding tert-OH is 1. The van der Waals surface area contributed by atoms with E-state index in [9.17, 15) is 13.5 Å². The molecule has 0 bridgehead atoms. The maximum Gasteiger partial charge on any atom is 0.241 e. The highest BCUT2D eigenvalue weighted by molar-refractivity contribution is 7.89. The van der Waals surface area contributed by atoms with Crippen LogP contribution in [0.3, 0.4) is 0 Å². The molecule has 20 heavy (non-hydrogen) atoms. The number of hydrogen-bond donors (Lipinski definition) is 2. The first kappa shape index (κ1) is 15.0. The van der Waals surface area contributed by atoms with E-state index in [0.29, 0.717) is 10.6 Å². The number of nitrogens with one attached hydrogen (secondary N) is 1. The molecule has 0 spiro atoms. The van der Waals surface area contributed by atoms with E-state index in [1.807, 2.05) is 0 Å². The van der Waals surface area contributed by atoms with Crippen LogP contribution in [-0.2, 0) is 23.2 Å². The van der Waals surface area contributed by atoms with Crippen molar-refractivity contribution in [1.82, 2.24) is 4.72 Å². The van der Waals surface area contributed by atoms with Crippen molar-refractivity contribution in [3.63, 3.8) is 0 Å². The fourth-order valence-electron chi connectivity index (χ4n) is 1.75. The lowest BCUT2D eigenvalue weighted by atomic mass is 10.2. The molecule has 0 fully saturated rings. The van der Waals surface area contributed by atoms with Gasteiger partial charge in [0.05, 0.1) is 11.5 Å². The molecule has 106 valence electrons. The number of rotatable bonds is 5. The van der Waals surface area contributed by atoms with Gasteiger partial charge in [-0.2, -0.15) is 0 Å². The summed E-state index contributed by atoms with van der Waals surface area (Å²) >= 11 is 5.77. The van der Waals surface area contributed by atoms with Gasteiger partial charge in [0.25, 0.3) is 0 Å². The SMILES string of the molecule is O=S(=O)(NCc1ccc(Cl)cc1)c1ccccc1CO. The van der Waals surface area contributed by atoms with Crippen LogP contribution in [-0.4, -0.2) is 13.5 Å². The van der Waals surface area contributed by atoms with Crippen LogP contribution in [0.25, 0.3) is 0 Å². The molecule has 0 unspecified atom stereocenters. The third-order valence-electron chi connectivity index (χ3n) is 2.81. The Morgan fingerprint density at radius 1 is 1.05 bits per heavy atom. The zero-order valence-corrected chi connectivity index (χ0v) is 12.2. The van der Waals surface area contributed by atoms with Crippen LogP contribution in [0.15, 0.2) is 53.4 Å². The summed E-state index contributed by atoms with van der Waals surface area (Å²) < 4.78 is 26.9. The topological polar surface area (TPSA) is 66.4 Å². The van der Waals surface area contributed by atoms with Crippen molar-refractivity contribution in [2.45, 2.75) is 18.0 Å². The monoisotopic (exact) mass is 311 g/mol. The van der Waals surface area contributed by atoms with E-state index in [1.165, 1.54) is 6.07 Å². The molecule has 2 rings (SSSR count). The molecule has 2 aromatic rings. The van der Waals surface area contributed by atoms with Gasteiger partial charge in [-0.25, -0.2) is 13.1 Å². The summed E-state index contributed by atoms with van der Waals surface area (Å²) in [7, 11) is -3.65. The van der Waals surface area contributed by atoms with E-state index in [2.05, 4.69) is 4.72 Å². The molecule has 0 aromatic heterocycles. The predicted molar refractivity (Wildman–Crippen MR) is 77.8 cm³/mol. The largest absolute Gasteiger partial charge is 0.392 e. The number of benzene rings is 2. The van der Waals surface area contributed by atoms with Crippen LogP contribution in [0, 0.1) is 0 Å². The zero-order chi connectivity index (χ0) is 14.6. The van der Waals surface area contributed by atoms with Gasteiger partial charge < -0.3 is 5.11 Å². The van der Waals surface area contributed by atoms with Crippen LogP contribution < -0.4 is 4.72 Å². The van der Waals surface area contributed by atoms with Crippen molar-refractivity contribution in [1.29, 1.82) is 0 Å². The Bertz CT molecular complexity index is 684. The minimum absolute atomic E-state index is 0.0939. The lowest BCUT2D eigenvalue weighted by molar-refractivity contribution is 0.278. The summed E-state index contributed by atoms with van der Waals surface area (Å²) in [6.07, 6.45) is 0. The molecule has 0 saturated carbocycles. The van der Waals surface area contributed by atoms with Crippen LogP contribution in [0.4, 0.5) is 0 Å². The fourth-order valence-corrected chi connectivity index (χ4v) is 3.13. The molecule has 0 aliphatic rings. The summed E-state index contributed by atoms with van der Waals surface area (Å²) in [6.45, 7) is -0.155. The smallest absolute Gasteiger partial charge is 0.241 e. The molecular weight excluding hydrogens is 298 g/mol. The number of sulfonamides is 1. The minimum Gasteiger partial charge on any atom is -0.392 e. The standard InChI is InChI=1S/C14H14ClNO3S/c15-13-7-5-11(6-8-13)9-16-20(18,19)14-4-2-1-3-12(14)10-17/h1-8,16-17H,9-10H2. The maximum atomic E-state index is 12.2. The van der Waals surface area contributed by atoms with Gasteiger partial charge >= 0.3 is 0 Å². The van der Waals surface area contributed by atoms with Crippen molar-refractivity contribution in [3.05, 3.63) is 64.7 Å². The molecule has 0 aliphatic heterocycles. The molecule has 0 radical (unpaired) electrons. The fraction of sp³-hybridized carbons (Fsp3) is 0.143. The molecule has 0 aliphatic carbocycles. The van der Waals surface area contributed by atoms with E-state index in [1.54, 1.807) is 42.5 Å². The van der Waals surface area contributed by atoms with Crippen molar-refractivity contribution in [2.75, 3.05) is 0 Å². The predicted octanol–water partition coefficient (Wildman–Crippen LogP) is 2.31. The van der Waals surface area contributed by atoms with Crippen molar-refractivity contribution in [2.24, 2.45) is 0 Å². The molecule has 4 nitrogen and oxygen atoms in total. The maximum absolute atomic E-state index is 12.2. The molecule has 0 heterocycles. The average molecular weight is 312 g/mol. The van der Waals surface area contributed by atoms with Gasteiger partial charge in [0, 0.05) is 11.6 Å². The lowest BCUT2D eigenvalue weighted by Gasteiger charge is -2.10. The summed E-state index contributed by atoms with van der Waals surface area (Å²) in [6, 6.07) is 13.3. The van der Waals surface area contributed by atoms with Crippen LogP contribution in [0.1, 0.15) is 11.1 Å². The first-order valence-corrected chi connectivity index (χ1v) is 7.82. The van der Waals surface area contributed by atoms with E-state index >= 15 is 0 Å². The molecule has 6 heteroatoms. The Hall–Kier alpha value is -1.40. The van der Waals surface area contributed by atoms with Crippen LogP contribution >= 0.6 is 11.6 Å². The molecule has 0 atom stereocenters. The van der Waals surface area contributed by atoms with E-state index in [0.717, 1.165) is 5.56 Å². The first-order valence-electron chi connectivity index (χ1n) is 5.96. The Morgan fingerprint density at radius 3 is 2.35 bits per heavy atom. The Balaban J connectivity index is 2.17. The van der Waals surface area contributed by atoms with Gasteiger partial charge in [-0.3, -0.25) is 0 Å². The van der Waals surface area contributed by atoms with Gasteiger partial charge in [-0.1, -0.05) is 41.9 Å².